The molecule has 114 valence electrons. The number of hydrogen-bond acceptors (Lipinski definition) is 5. The maximum atomic E-state index is 11.4. The molecule has 3 fully saturated rings. The second-order valence-corrected chi connectivity index (χ2v) is 7.55. The molecule has 2 atom stereocenters. The number of aromatic carboxylic acids is 1. The Balaban J connectivity index is 1.61. The molecule has 2 bridgehead atoms. The van der Waals surface area contributed by atoms with E-state index in [1.54, 1.807) is 0 Å². The van der Waals surface area contributed by atoms with Gasteiger partial charge in [-0.05, 0) is 39.2 Å². The summed E-state index contributed by atoms with van der Waals surface area (Å²) in [6.07, 6.45) is 5.91. The highest BCUT2D eigenvalue weighted by Gasteiger charge is 2.37. The van der Waals surface area contributed by atoms with Gasteiger partial charge in [0.2, 0.25) is 0 Å². The molecule has 0 aromatic carbocycles. The summed E-state index contributed by atoms with van der Waals surface area (Å²) in [5.41, 5.74) is 0.838. The number of carboxylic acid groups (broad SMARTS) is 1. The number of anilines is 1. The van der Waals surface area contributed by atoms with Gasteiger partial charge in [-0.2, -0.15) is 0 Å². The molecular weight excluding hydrogens is 286 g/mol. The lowest BCUT2D eigenvalue weighted by Crippen LogP contribution is -2.36. The Kier molecular flexibility index (Phi) is 3.19. The van der Waals surface area contributed by atoms with Gasteiger partial charge in [-0.25, -0.2) is 9.78 Å². The molecule has 0 amide bonds. The maximum Gasteiger partial charge on any atom is 0.347 e. The molecule has 3 aliphatic rings. The highest BCUT2D eigenvalue weighted by Crippen LogP contribution is 2.44. The SMILES string of the molecule is CN1C2CCC1CN(c1nc(C3CC3)c(C(=O)O)s1)CC2. The van der Waals surface area contributed by atoms with Gasteiger partial charge < -0.3 is 10.0 Å². The van der Waals surface area contributed by atoms with Crippen molar-refractivity contribution in [2.24, 2.45) is 0 Å². The van der Waals surface area contributed by atoms with Crippen molar-refractivity contribution in [1.82, 2.24) is 9.88 Å². The fraction of sp³-hybridized carbons (Fsp3) is 0.733. The fourth-order valence-corrected chi connectivity index (χ4v) is 4.75. The molecule has 2 aliphatic heterocycles. The van der Waals surface area contributed by atoms with Crippen LogP contribution in [0.1, 0.15) is 53.4 Å². The normalized spacial score (nSPS) is 29.7. The predicted molar refractivity (Wildman–Crippen MR) is 82.5 cm³/mol. The third-order valence-corrected chi connectivity index (χ3v) is 6.34. The minimum Gasteiger partial charge on any atom is -0.477 e. The molecule has 1 aliphatic carbocycles. The first kappa shape index (κ1) is 13.5. The van der Waals surface area contributed by atoms with Gasteiger partial charge in [-0.15, -0.1) is 0 Å². The number of nitrogens with zero attached hydrogens (tertiary/aromatic N) is 3. The Hall–Kier alpha value is -1.14. The number of fused-ring (bicyclic) bond motifs is 2. The molecule has 2 unspecified atom stereocenters. The molecule has 3 heterocycles. The van der Waals surface area contributed by atoms with E-state index in [1.807, 2.05) is 0 Å². The van der Waals surface area contributed by atoms with E-state index >= 15 is 0 Å². The molecule has 6 heteroatoms. The quantitative estimate of drug-likeness (QED) is 0.929. The number of likely N-dealkylation sites (N-methyl/N-ethyl adjacent to an activating group) is 1. The molecular formula is C15H21N3O2S. The van der Waals surface area contributed by atoms with Crippen LogP contribution in [0.25, 0.3) is 0 Å². The third-order valence-electron chi connectivity index (χ3n) is 5.22. The second kappa shape index (κ2) is 4.95. The summed E-state index contributed by atoms with van der Waals surface area (Å²) in [5, 5.41) is 10.3. The van der Waals surface area contributed by atoms with Gasteiger partial charge in [0, 0.05) is 31.1 Å². The van der Waals surface area contributed by atoms with Crippen molar-refractivity contribution in [2.75, 3.05) is 25.0 Å². The van der Waals surface area contributed by atoms with Crippen LogP contribution >= 0.6 is 11.3 Å². The number of hydrogen-bond donors (Lipinski definition) is 1. The molecule has 1 N–H and O–H groups in total. The lowest BCUT2D eigenvalue weighted by atomic mass is 10.1. The van der Waals surface area contributed by atoms with Crippen molar-refractivity contribution in [2.45, 2.75) is 50.1 Å². The summed E-state index contributed by atoms with van der Waals surface area (Å²) >= 11 is 1.38. The largest absolute Gasteiger partial charge is 0.477 e. The molecule has 21 heavy (non-hydrogen) atoms. The van der Waals surface area contributed by atoms with Crippen LogP contribution in [0.15, 0.2) is 0 Å². The highest BCUT2D eigenvalue weighted by atomic mass is 32.1. The Labute approximate surface area is 128 Å². The molecule has 1 saturated carbocycles. The van der Waals surface area contributed by atoms with Crippen molar-refractivity contribution in [1.29, 1.82) is 0 Å². The summed E-state index contributed by atoms with van der Waals surface area (Å²) in [5.74, 6) is -0.415. The molecule has 0 spiro atoms. The van der Waals surface area contributed by atoms with Gasteiger partial charge in [-0.1, -0.05) is 11.3 Å². The van der Waals surface area contributed by atoms with Crippen LogP contribution in [0.3, 0.4) is 0 Å². The standard InChI is InChI=1S/C15H21N3O2S/c1-17-10-4-5-11(17)8-18(7-6-10)15-16-12(9-2-3-9)13(21-15)14(19)20/h9-11H,2-8H2,1H3,(H,19,20). The summed E-state index contributed by atoms with van der Waals surface area (Å²) in [4.78, 5) is 21.5. The molecule has 5 nitrogen and oxygen atoms in total. The van der Waals surface area contributed by atoms with E-state index in [0.717, 1.165) is 43.2 Å². The Morgan fingerprint density at radius 2 is 2.00 bits per heavy atom. The molecule has 4 rings (SSSR count). The Bertz CT molecular complexity index is 569. The fourth-order valence-electron chi connectivity index (χ4n) is 3.72. The van der Waals surface area contributed by atoms with E-state index in [9.17, 15) is 9.90 Å². The van der Waals surface area contributed by atoms with Gasteiger partial charge in [0.05, 0.1) is 5.69 Å². The van der Waals surface area contributed by atoms with E-state index in [0.29, 0.717) is 22.9 Å². The molecule has 2 saturated heterocycles. The monoisotopic (exact) mass is 307 g/mol. The molecule has 1 aromatic rings. The van der Waals surface area contributed by atoms with Gasteiger partial charge in [0.25, 0.3) is 0 Å². The van der Waals surface area contributed by atoms with Crippen LogP contribution in [0.4, 0.5) is 5.13 Å². The maximum absolute atomic E-state index is 11.4. The zero-order chi connectivity index (χ0) is 14.6. The first-order valence-electron chi connectivity index (χ1n) is 7.84. The van der Waals surface area contributed by atoms with E-state index < -0.39 is 5.97 Å². The summed E-state index contributed by atoms with van der Waals surface area (Å²) in [6, 6.07) is 1.29. The van der Waals surface area contributed by atoms with E-state index in [-0.39, 0.29) is 0 Å². The van der Waals surface area contributed by atoms with Crippen molar-refractivity contribution < 1.29 is 9.90 Å². The number of thiazole rings is 1. The van der Waals surface area contributed by atoms with Crippen molar-refractivity contribution in [3.63, 3.8) is 0 Å². The van der Waals surface area contributed by atoms with Crippen LogP contribution in [0.2, 0.25) is 0 Å². The minimum absolute atomic E-state index is 0.396. The van der Waals surface area contributed by atoms with Crippen LogP contribution in [0, 0.1) is 0 Å². The van der Waals surface area contributed by atoms with Gasteiger partial charge >= 0.3 is 5.97 Å². The second-order valence-electron chi connectivity index (χ2n) is 6.58. The summed E-state index contributed by atoms with van der Waals surface area (Å²) in [6.45, 7) is 1.99. The highest BCUT2D eigenvalue weighted by molar-refractivity contribution is 7.17. The van der Waals surface area contributed by atoms with E-state index in [4.69, 9.17) is 4.98 Å². The topological polar surface area (TPSA) is 56.7 Å². The first-order chi connectivity index (χ1) is 10.1. The number of aromatic nitrogens is 1. The lowest BCUT2D eigenvalue weighted by Gasteiger charge is -2.25. The summed E-state index contributed by atoms with van der Waals surface area (Å²) < 4.78 is 0. The predicted octanol–water partition coefficient (Wildman–Crippen LogP) is 2.39. The number of rotatable bonds is 3. The average molecular weight is 307 g/mol. The van der Waals surface area contributed by atoms with E-state index in [2.05, 4.69) is 16.8 Å². The Morgan fingerprint density at radius 1 is 1.24 bits per heavy atom. The van der Waals surface area contributed by atoms with Crippen LogP contribution in [-0.2, 0) is 0 Å². The zero-order valence-electron chi connectivity index (χ0n) is 12.3. The summed E-state index contributed by atoms with van der Waals surface area (Å²) in [7, 11) is 2.23. The van der Waals surface area contributed by atoms with Gasteiger partial charge in [0.15, 0.2) is 5.13 Å². The zero-order valence-corrected chi connectivity index (χ0v) is 13.1. The van der Waals surface area contributed by atoms with Crippen molar-refractivity contribution in [3.8, 4) is 0 Å². The third kappa shape index (κ3) is 2.34. The Morgan fingerprint density at radius 3 is 2.71 bits per heavy atom. The van der Waals surface area contributed by atoms with E-state index in [1.165, 1.54) is 24.2 Å². The minimum atomic E-state index is -0.811. The van der Waals surface area contributed by atoms with Gasteiger partial charge in [-0.3, -0.25) is 4.90 Å². The van der Waals surface area contributed by atoms with Crippen LogP contribution in [0.5, 0.6) is 0 Å². The molecule has 0 radical (unpaired) electrons. The number of carboxylic acids is 1. The van der Waals surface area contributed by atoms with Gasteiger partial charge in [0.1, 0.15) is 4.88 Å². The average Bonchev–Trinajstić information content (AvgIpc) is 3.11. The van der Waals surface area contributed by atoms with Crippen LogP contribution < -0.4 is 4.90 Å². The smallest absolute Gasteiger partial charge is 0.347 e. The van der Waals surface area contributed by atoms with Crippen molar-refractivity contribution in [3.05, 3.63) is 10.6 Å². The van der Waals surface area contributed by atoms with Crippen LogP contribution in [-0.4, -0.2) is 53.2 Å². The first-order valence-corrected chi connectivity index (χ1v) is 8.66. The number of carbonyl (C=O) groups is 1. The van der Waals surface area contributed by atoms with Crippen molar-refractivity contribution >= 4 is 22.4 Å². The lowest BCUT2D eigenvalue weighted by molar-refractivity contribution is 0.0700. The molecule has 1 aromatic heterocycles.